The molecular formula is C16H31NO. The average molecular weight is 253 g/mol. The molecule has 1 saturated heterocycles. The van der Waals surface area contributed by atoms with E-state index in [-0.39, 0.29) is 5.41 Å². The Balaban J connectivity index is 2.43. The topological polar surface area (TPSA) is 29.1 Å². The maximum atomic E-state index is 12.4. The lowest BCUT2D eigenvalue weighted by Crippen LogP contribution is -2.42. The molecule has 1 fully saturated rings. The van der Waals surface area contributed by atoms with Gasteiger partial charge in [0.1, 0.15) is 5.78 Å². The average Bonchev–Trinajstić information content (AvgIpc) is 2.28. The van der Waals surface area contributed by atoms with Crippen molar-refractivity contribution in [1.29, 1.82) is 0 Å². The van der Waals surface area contributed by atoms with E-state index >= 15 is 0 Å². The molecule has 0 aromatic carbocycles. The van der Waals surface area contributed by atoms with E-state index < -0.39 is 0 Å². The number of ketones is 1. The summed E-state index contributed by atoms with van der Waals surface area (Å²) in [5.74, 6) is 0.980. The fraction of sp³-hybridized carbons (Fsp3) is 0.938. The predicted molar refractivity (Wildman–Crippen MR) is 77.7 cm³/mol. The van der Waals surface area contributed by atoms with Crippen LogP contribution in [0.3, 0.4) is 0 Å². The molecule has 0 aliphatic carbocycles. The molecule has 0 radical (unpaired) electrons. The summed E-state index contributed by atoms with van der Waals surface area (Å²) in [6.07, 6.45) is 5.33. The lowest BCUT2D eigenvalue weighted by atomic mass is 9.71. The van der Waals surface area contributed by atoms with E-state index in [1.54, 1.807) is 0 Å². The minimum atomic E-state index is -0.148. The van der Waals surface area contributed by atoms with Crippen LogP contribution in [-0.2, 0) is 4.79 Å². The normalized spacial score (nSPS) is 21.9. The van der Waals surface area contributed by atoms with E-state index in [1.807, 2.05) is 0 Å². The van der Waals surface area contributed by atoms with Crippen molar-refractivity contribution < 1.29 is 4.79 Å². The maximum Gasteiger partial charge on any atom is 0.138 e. The largest absolute Gasteiger partial charge is 0.316 e. The molecule has 0 spiro atoms. The molecule has 1 aliphatic heterocycles. The van der Waals surface area contributed by atoms with E-state index in [2.05, 4.69) is 39.9 Å². The van der Waals surface area contributed by atoms with E-state index in [1.165, 1.54) is 12.8 Å². The minimum Gasteiger partial charge on any atom is -0.316 e. The summed E-state index contributed by atoms with van der Waals surface area (Å²) in [4.78, 5) is 12.4. The van der Waals surface area contributed by atoms with Gasteiger partial charge in [-0.2, -0.15) is 0 Å². The first-order valence-corrected chi connectivity index (χ1v) is 7.47. The lowest BCUT2D eigenvalue weighted by molar-refractivity contribution is -0.130. The maximum absolute atomic E-state index is 12.4. The van der Waals surface area contributed by atoms with Gasteiger partial charge < -0.3 is 5.32 Å². The standard InChI is InChI=1S/C16H31NO/c1-15(2,3)10-6-9-14(18)16(4,5)13-8-7-11-17-12-13/h13,17H,6-12H2,1-5H3. The van der Waals surface area contributed by atoms with Crippen molar-refractivity contribution in [2.45, 2.75) is 66.7 Å². The zero-order valence-electron chi connectivity index (χ0n) is 12.9. The van der Waals surface area contributed by atoms with Gasteiger partial charge in [0.25, 0.3) is 0 Å². The quantitative estimate of drug-likeness (QED) is 0.807. The van der Waals surface area contributed by atoms with Crippen LogP contribution in [0.2, 0.25) is 0 Å². The Hall–Kier alpha value is -0.370. The van der Waals surface area contributed by atoms with Gasteiger partial charge in [0.2, 0.25) is 0 Å². The third-order valence-electron chi connectivity index (χ3n) is 4.37. The second kappa shape index (κ2) is 6.18. The first-order chi connectivity index (χ1) is 8.23. The fourth-order valence-electron chi connectivity index (χ4n) is 2.80. The van der Waals surface area contributed by atoms with E-state index in [9.17, 15) is 4.79 Å². The van der Waals surface area contributed by atoms with Crippen LogP contribution in [0.5, 0.6) is 0 Å². The first kappa shape index (κ1) is 15.7. The van der Waals surface area contributed by atoms with Gasteiger partial charge in [-0.1, -0.05) is 34.6 Å². The molecule has 1 aliphatic rings. The van der Waals surface area contributed by atoms with Gasteiger partial charge in [0, 0.05) is 11.8 Å². The molecule has 1 rings (SSSR count). The van der Waals surface area contributed by atoms with Crippen LogP contribution >= 0.6 is 0 Å². The summed E-state index contributed by atoms with van der Waals surface area (Å²) < 4.78 is 0. The summed E-state index contributed by atoms with van der Waals surface area (Å²) in [6.45, 7) is 13.1. The Morgan fingerprint density at radius 2 is 1.89 bits per heavy atom. The smallest absolute Gasteiger partial charge is 0.138 e. The first-order valence-electron chi connectivity index (χ1n) is 7.47. The van der Waals surface area contributed by atoms with Gasteiger partial charge in [-0.15, -0.1) is 0 Å². The van der Waals surface area contributed by atoms with Gasteiger partial charge in [-0.3, -0.25) is 4.79 Å². The fourth-order valence-corrected chi connectivity index (χ4v) is 2.80. The Morgan fingerprint density at radius 3 is 2.39 bits per heavy atom. The number of hydrogen-bond acceptors (Lipinski definition) is 2. The molecule has 2 nitrogen and oxygen atoms in total. The van der Waals surface area contributed by atoms with Crippen molar-refractivity contribution >= 4 is 5.78 Å². The molecule has 1 N–H and O–H groups in total. The van der Waals surface area contributed by atoms with Crippen molar-refractivity contribution in [1.82, 2.24) is 5.32 Å². The number of Topliss-reactive ketones (excluding diaryl/α,β-unsaturated/α-hetero) is 1. The van der Waals surface area contributed by atoms with Crippen LogP contribution < -0.4 is 5.32 Å². The summed E-state index contributed by atoms with van der Waals surface area (Å²) in [5, 5.41) is 3.42. The van der Waals surface area contributed by atoms with Crippen LogP contribution in [0.15, 0.2) is 0 Å². The van der Waals surface area contributed by atoms with Crippen LogP contribution in [0.1, 0.15) is 66.7 Å². The summed E-state index contributed by atoms with van der Waals surface area (Å²) >= 11 is 0. The second-order valence-corrected chi connectivity index (χ2v) is 7.60. The summed E-state index contributed by atoms with van der Waals surface area (Å²) in [6, 6.07) is 0. The number of piperidine rings is 1. The Kier molecular flexibility index (Phi) is 5.39. The highest BCUT2D eigenvalue weighted by Crippen LogP contribution is 2.34. The molecule has 0 saturated carbocycles. The van der Waals surface area contributed by atoms with Gasteiger partial charge in [-0.05, 0) is 50.1 Å². The van der Waals surface area contributed by atoms with E-state index in [0.29, 0.717) is 17.1 Å². The molecule has 1 unspecified atom stereocenters. The highest BCUT2D eigenvalue weighted by Gasteiger charge is 2.36. The molecule has 1 atom stereocenters. The van der Waals surface area contributed by atoms with E-state index in [0.717, 1.165) is 32.4 Å². The lowest BCUT2D eigenvalue weighted by Gasteiger charge is -2.36. The van der Waals surface area contributed by atoms with Crippen LogP contribution in [0.25, 0.3) is 0 Å². The summed E-state index contributed by atoms with van der Waals surface area (Å²) in [5.41, 5.74) is 0.197. The molecule has 0 aromatic heterocycles. The molecule has 2 heteroatoms. The SMILES string of the molecule is CC(C)(C)CCCC(=O)C(C)(C)C1CCCNC1. The van der Waals surface area contributed by atoms with Crippen molar-refractivity contribution in [2.75, 3.05) is 13.1 Å². The molecule has 18 heavy (non-hydrogen) atoms. The molecule has 106 valence electrons. The second-order valence-electron chi connectivity index (χ2n) is 7.60. The zero-order valence-corrected chi connectivity index (χ0v) is 12.9. The highest BCUT2D eigenvalue weighted by molar-refractivity contribution is 5.84. The van der Waals surface area contributed by atoms with Gasteiger partial charge in [0.15, 0.2) is 0 Å². The van der Waals surface area contributed by atoms with Gasteiger partial charge in [0.05, 0.1) is 0 Å². The number of rotatable bonds is 5. The Labute approximate surface area is 113 Å². The Morgan fingerprint density at radius 1 is 1.22 bits per heavy atom. The number of carbonyl (C=O) groups is 1. The summed E-state index contributed by atoms with van der Waals surface area (Å²) in [7, 11) is 0. The molecule has 1 heterocycles. The van der Waals surface area contributed by atoms with Gasteiger partial charge in [-0.25, -0.2) is 0 Å². The van der Waals surface area contributed by atoms with Crippen LogP contribution in [0, 0.1) is 16.7 Å². The molecule has 0 aromatic rings. The molecule has 0 bridgehead atoms. The number of hydrogen-bond donors (Lipinski definition) is 1. The molecular weight excluding hydrogens is 222 g/mol. The van der Waals surface area contributed by atoms with Crippen LogP contribution in [-0.4, -0.2) is 18.9 Å². The molecule has 0 amide bonds. The van der Waals surface area contributed by atoms with Crippen LogP contribution in [0.4, 0.5) is 0 Å². The Bertz CT molecular complexity index is 269. The minimum absolute atomic E-state index is 0.148. The monoisotopic (exact) mass is 253 g/mol. The van der Waals surface area contributed by atoms with Crippen molar-refractivity contribution in [2.24, 2.45) is 16.7 Å². The number of nitrogens with one attached hydrogen (secondary N) is 1. The number of carbonyl (C=O) groups excluding carboxylic acids is 1. The van der Waals surface area contributed by atoms with Gasteiger partial charge >= 0.3 is 0 Å². The highest BCUT2D eigenvalue weighted by atomic mass is 16.1. The zero-order chi connectivity index (χ0) is 13.8. The van der Waals surface area contributed by atoms with Crippen molar-refractivity contribution in [3.63, 3.8) is 0 Å². The van der Waals surface area contributed by atoms with E-state index in [4.69, 9.17) is 0 Å². The predicted octanol–water partition coefficient (Wildman–Crippen LogP) is 3.80. The van der Waals surface area contributed by atoms with Crippen molar-refractivity contribution in [3.8, 4) is 0 Å². The third-order valence-corrected chi connectivity index (χ3v) is 4.37. The van der Waals surface area contributed by atoms with Crippen molar-refractivity contribution in [3.05, 3.63) is 0 Å². The third kappa shape index (κ3) is 4.72.